The van der Waals surface area contributed by atoms with Gasteiger partial charge in [-0.15, -0.1) is 0 Å². The molecule has 0 bridgehead atoms. The Balaban J connectivity index is 1.68. The van der Waals surface area contributed by atoms with Gasteiger partial charge in [0, 0.05) is 53.6 Å². The summed E-state index contributed by atoms with van der Waals surface area (Å²) in [4.78, 5) is 45.6. The van der Waals surface area contributed by atoms with E-state index in [-0.39, 0.29) is 30.3 Å². The third-order valence-electron chi connectivity index (χ3n) is 6.09. The maximum atomic E-state index is 12.9. The summed E-state index contributed by atoms with van der Waals surface area (Å²) in [5.41, 5.74) is 2.44. The molecule has 1 aromatic carbocycles. The molecule has 3 amide bonds. The lowest BCUT2D eigenvalue weighted by atomic mass is 9.92. The summed E-state index contributed by atoms with van der Waals surface area (Å²) in [6.45, 7) is 13.7. The lowest BCUT2D eigenvalue weighted by Crippen LogP contribution is -2.63. The van der Waals surface area contributed by atoms with E-state index in [1.165, 1.54) is 0 Å². The Kier molecular flexibility index (Phi) is 7.32. The van der Waals surface area contributed by atoms with Crippen molar-refractivity contribution in [2.75, 3.05) is 31.1 Å². The number of nitrogens with zero attached hydrogens (tertiary/aromatic N) is 3. The Bertz CT molecular complexity index is 1020. The van der Waals surface area contributed by atoms with Gasteiger partial charge in [0.2, 0.25) is 5.91 Å². The number of likely N-dealkylation sites (tertiary alicyclic amines) is 1. The van der Waals surface area contributed by atoms with Crippen LogP contribution in [0.1, 0.15) is 51.9 Å². The standard InChI is InChI=1S/C25H33ClN4O3/c1-7-30(20-13-29(14-20)24(33)25(4,5)6)19-10-17(9-18(26)11-19)22(31)27-12-21-15(2)8-16(3)28-23(21)32/h8-11,20-21H,7,12-14H2,1-6H3,(H,27,31). The van der Waals surface area contributed by atoms with Gasteiger partial charge < -0.3 is 15.1 Å². The van der Waals surface area contributed by atoms with Crippen molar-refractivity contribution in [1.82, 2.24) is 10.2 Å². The van der Waals surface area contributed by atoms with Crippen LogP contribution in [0.3, 0.4) is 0 Å². The maximum absolute atomic E-state index is 12.9. The smallest absolute Gasteiger partial charge is 0.254 e. The van der Waals surface area contributed by atoms with Crippen molar-refractivity contribution in [3.05, 3.63) is 40.4 Å². The van der Waals surface area contributed by atoms with Gasteiger partial charge in [-0.3, -0.25) is 14.4 Å². The summed E-state index contributed by atoms with van der Waals surface area (Å²) in [6.07, 6.45) is 1.86. The molecular weight excluding hydrogens is 440 g/mol. The highest BCUT2D eigenvalue weighted by atomic mass is 35.5. The van der Waals surface area contributed by atoms with E-state index in [4.69, 9.17) is 11.6 Å². The number of dihydropyridines is 1. The van der Waals surface area contributed by atoms with Crippen LogP contribution in [0.15, 0.2) is 34.8 Å². The summed E-state index contributed by atoms with van der Waals surface area (Å²) < 4.78 is 0. The number of carbonyl (C=O) groups is 3. The molecule has 1 aromatic rings. The van der Waals surface area contributed by atoms with Crippen molar-refractivity contribution < 1.29 is 14.4 Å². The van der Waals surface area contributed by atoms with Crippen molar-refractivity contribution in [1.29, 1.82) is 0 Å². The van der Waals surface area contributed by atoms with E-state index in [1.807, 2.05) is 57.7 Å². The number of allylic oxidation sites excluding steroid dienone is 1. The summed E-state index contributed by atoms with van der Waals surface area (Å²) in [7, 11) is 0. The van der Waals surface area contributed by atoms with Crippen LogP contribution in [0.5, 0.6) is 0 Å². The zero-order valence-electron chi connectivity index (χ0n) is 20.2. The maximum Gasteiger partial charge on any atom is 0.254 e. The summed E-state index contributed by atoms with van der Waals surface area (Å²) in [6, 6.07) is 5.44. The summed E-state index contributed by atoms with van der Waals surface area (Å²) in [5, 5.41) is 3.31. The van der Waals surface area contributed by atoms with Gasteiger partial charge in [0.1, 0.15) is 0 Å². The molecule has 1 atom stereocenters. The second-order valence-corrected chi connectivity index (χ2v) is 10.3. The van der Waals surface area contributed by atoms with Crippen LogP contribution in [0.4, 0.5) is 5.69 Å². The SMILES string of the molecule is CCN(c1cc(Cl)cc(C(=O)NCC2C(=O)N=C(C)C=C2C)c1)C1CN(C(=O)C(C)(C)C)C1. The molecule has 2 heterocycles. The molecule has 2 aliphatic heterocycles. The van der Waals surface area contributed by atoms with Crippen LogP contribution in [0, 0.1) is 11.3 Å². The predicted octanol–water partition coefficient (Wildman–Crippen LogP) is 3.72. The number of hydrogen-bond acceptors (Lipinski definition) is 4. The van der Waals surface area contributed by atoms with E-state index in [0.717, 1.165) is 17.8 Å². The van der Waals surface area contributed by atoms with E-state index < -0.39 is 11.3 Å². The van der Waals surface area contributed by atoms with Crippen molar-refractivity contribution in [2.24, 2.45) is 16.3 Å². The minimum absolute atomic E-state index is 0.141. The van der Waals surface area contributed by atoms with Crippen molar-refractivity contribution >= 4 is 40.7 Å². The number of benzene rings is 1. The molecule has 7 nitrogen and oxygen atoms in total. The number of halogens is 1. The first-order chi connectivity index (χ1) is 15.4. The van der Waals surface area contributed by atoms with Crippen LogP contribution in [-0.4, -0.2) is 60.6 Å². The average molecular weight is 473 g/mol. The molecule has 33 heavy (non-hydrogen) atoms. The molecular formula is C25H33ClN4O3. The summed E-state index contributed by atoms with van der Waals surface area (Å²) >= 11 is 6.36. The van der Waals surface area contributed by atoms with Crippen molar-refractivity contribution in [3.63, 3.8) is 0 Å². The molecule has 8 heteroatoms. The molecule has 0 aromatic heterocycles. The van der Waals surface area contributed by atoms with Gasteiger partial charge in [-0.25, -0.2) is 4.99 Å². The fourth-order valence-corrected chi connectivity index (χ4v) is 4.50. The first kappa shape index (κ1) is 25.0. The molecule has 0 spiro atoms. The number of carbonyl (C=O) groups excluding carboxylic acids is 3. The third kappa shape index (κ3) is 5.64. The first-order valence-corrected chi connectivity index (χ1v) is 11.7. The predicted molar refractivity (Wildman–Crippen MR) is 132 cm³/mol. The van der Waals surface area contributed by atoms with Crippen molar-refractivity contribution in [2.45, 2.75) is 47.6 Å². The fourth-order valence-electron chi connectivity index (χ4n) is 4.27. The lowest BCUT2D eigenvalue weighted by molar-refractivity contribution is -0.144. The molecule has 178 valence electrons. The number of nitrogens with one attached hydrogen (secondary N) is 1. The van der Waals surface area contributed by atoms with Gasteiger partial charge in [0.05, 0.1) is 12.0 Å². The summed E-state index contributed by atoms with van der Waals surface area (Å²) in [5.74, 6) is -0.845. The van der Waals surface area contributed by atoms with Crippen LogP contribution in [0.25, 0.3) is 0 Å². The fraction of sp³-hybridized carbons (Fsp3) is 0.520. The molecule has 1 N–H and O–H groups in total. The average Bonchev–Trinajstić information content (AvgIpc) is 2.67. The topological polar surface area (TPSA) is 82.1 Å². The molecule has 0 radical (unpaired) electrons. The number of anilines is 1. The molecule has 2 aliphatic rings. The second-order valence-electron chi connectivity index (χ2n) is 9.84. The molecule has 0 aliphatic carbocycles. The number of amides is 3. The highest BCUT2D eigenvalue weighted by Crippen LogP contribution is 2.29. The van der Waals surface area contributed by atoms with Crippen LogP contribution in [-0.2, 0) is 9.59 Å². The quantitative estimate of drug-likeness (QED) is 0.684. The third-order valence-corrected chi connectivity index (χ3v) is 6.30. The largest absolute Gasteiger partial charge is 0.365 e. The van der Waals surface area contributed by atoms with Gasteiger partial charge in [0.25, 0.3) is 11.8 Å². The lowest BCUT2D eigenvalue weighted by Gasteiger charge is -2.48. The zero-order chi connectivity index (χ0) is 24.5. The van der Waals surface area contributed by atoms with E-state index in [1.54, 1.807) is 13.0 Å². The number of rotatable bonds is 6. The highest BCUT2D eigenvalue weighted by Gasteiger charge is 2.38. The second kappa shape index (κ2) is 9.67. The molecule has 0 saturated carbocycles. The van der Waals surface area contributed by atoms with Crippen molar-refractivity contribution in [3.8, 4) is 0 Å². The number of aliphatic imine (C=N–C) groups is 1. The zero-order valence-corrected chi connectivity index (χ0v) is 21.0. The normalized spacial score (nSPS) is 18.9. The Morgan fingerprint density at radius 3 is 2.45 bits per heavy atom. The van der Waals surface area contributed by atoms with Gasteiger partial charge in [-0.05, 0) is 45.0 Å². The Morgan fingerprint density at radius 1 is 1.21 bits per heavy atom. The van der Waals surface area contributed by atoms with E-state index in [0.29, 0.717) is 29.4 Å². The Labute approximate surface area is 200 Å². The van der Waals surface area contributed by atoms with Gasteiger partial charge >= 0.3 is 0 Å². The monoisotopic (exact) mass is 472 g/mol. The number of hydrogen-bond donors (Lipinski definition) is 1. The van der Waals surface area contributed by atoms with Crippen LogP contribution >= 0.6 is 11.6 Å². The van der Waals surface area contributed by atoms with E-state index in [2.05, 4.69) is 15.2 Å². The minimum Gasteiger partial charge on any atom is -0.365 e. The number of likely N-dealkylation sites (N-methyl/N-ethyl adjacent to an activating group) is 1. The first-order valence-electron chi connectivity index (χ1n) is 11.3. The van der Waals surface area contributed by atoms with Crippen LogP contribution < -0.4 is 10.2 Å². The molecule has 3 rings (SSSR count). The Morgan fingerprint density at radius 2 is 1.88 bits per heavy atom. The van der Waals surface area contributed by atoms with E-state index in [9.17, 15) is 14.4 Å². The van der Waals surface area contributed by atoms with Crippen LogP contribution in [0.2, 0.25) is 5.02 Å². The Hall–Kier alpha value is -2.67. The van der Waals surface area contributed by atoms with Gasteiger partial charge in [-0.2, -0.15) is 0 Å². The molecule has 1 saturated heterocycles. The molecule has 1 fully saturated rings. The molecule has 1 unspecified atom stereocenters. The van der Waals surface area contributed by atoms with Gasteiger partial charge in [-0.1, -0.05) is 37.9 Å². The van der Waals surface area contributed by atoms with Gasteiger partial charge in [0.15, 0.2) is 0 Å². The minimum atomic E-state index is -0.454. The highest BCUT2D eigenvalue weighted by molar-refractivity contribution is 6.31. The van der Waals surface area contributed by atoms with E-state index >= 15 is 0 Å².